The van der Waals surface area contributed by atoms with Crippen molar-refractivity contribution in [3.8, 4) is 17.1 Å². The van der Waals surface area contributed by atoms with Crippen LogP contribution in [0.15, 0.2) is 54.0 Å². The van der Waals surface area contributed by atoms with Gasteiger partial charge in [-0.3, -0.25) is 15.1 Å². The van der Waals surface area contributed by atoms with Gasteiger partial charge in [0.25, 0.3) is 5.91 Å². The molecular weight excluding hydrogens is 362 g/mol. The second-order valence-corrected chi connectivity index (χ2v) is 7.01. The van der Waals surface area contributed by atoms with Gasteiger partial charge in [-0.1, -0.05) is 18.2 Å². The largest absolute Gasteiger partial charge is 0.490 e. The van der Waals surface area contributed by atoms with Crippen LogP contribution in [0.3, 0.4) is 0 Å². The lowest BCUT2D eigenvalue weighted by Crippen LogP contribution is -2.19. The third-order valence-corrected chi connectivity index (χ3v) is 4.99. The minimum Gasteiger partial charge on any atom is -0.490 e. The van der Waals surface area contributed by atoms with Crippen LogP contribution in [0.5, 0.6) is 5.75 Å². The van der Waals surface area contributed by atoms with E-state index in [9.17, 15) is 4.79 Å². The summed E-state index contributed by atoms with van der Waals surface area (Å²) in [6.45, 7) is 1.23. The Morgan fingerprint density at radius 1 is 1.22 bits per heavy atom. The molecule has 1 unspecified atom stereocenters. The first kappa shape index (κ1) is 17.6. The van der Waals surface area contributed by atoms with Crippen LogP contribution in [0, 0.1) is 0 Å². The van der Waals surface area contributed by atoms with Crippen LogP contribution in [-0.4, -0.2) is 35.2 Å². The van der Waals surface area contributed by atoms with Gasteiger partial charge in [-0.25, -0.2) is 4.98 Å². The molecule has 3 aromatic rings. The van der Waals surface area contributed by atoms with E-state index in [-0.39, 0.29) is 12.0 Å². The van der Waals surface area contributed by atoms with Crippen LogP contribution in [-0.2, 0) is 4.74 Å². The molecule has 0 spiro atoms. The van der Waals surface area contributed by atoms with Crippen molar-refractivity contribution in [2.45, 2.75) is 18.9 Å². The number of carbonyl (C=O) groups is 1. The molecule has 1 aliphatic heterocycles. The van der Waals surface area contributed by atoms with Crippen LogP contribution in [0.4, 0.5) is 5.13 Å². The topological polar surface area (TPSA) is 73.3 Å². The van der Waals surface area contributed by atoms with Crippen molar-refractivity contribution < 1.29 is 14.3 Å². The first-order valence-electron chi connectivity index (χ1n) is 8.81. The van der Waals surface area contributed by atoms with Crippen LogP contribution in [0.1, 0.15) is 23.2 Å². The summed E-state index contributed by atoms with van der Waals surface area (Å²) in [7, 11) is 0. The molecule has 1 N–H and O–H groups in total. The number of carbonyl (C=O) groups excluding carboxylic acids is 1. The van der Waals surface area contributed by atoms with Crippen molar-refractivity contribution in [2.24, 2.45) is 0 Å². The van der Waals surface area contributed by atoms with E-state index in [4.69, 9.17) is 9.47 Å². The van der Waals surface area contributed by atoms with Crippen LogP contribution < -0.4 is 10.1 Å². The summed E-state index contributed by atoms with van der Waals surface area (Å²) in [6.07, 6.45) is 3.86. The molecule has 1 aromatic carbocycles. The van der Waals surface area contributed by atoms with Gasteiger partial charge >= 0.3 is 0 Å². The van der Waals surface area contributed by atoms with Crippen molar-refractivity contribution in [3.63, 3.8) is 0 Å². The summed E-state index contributed by atoms with van der Waals surface area (Å²) in [5.74, 6) is 0.298. The maximum absolute atomic E-state index is 12.7. The molecule has 6 nitrogen and oxygen atoms in total. The number of anilines is 1. The Hall–Kier alpha value is -2.77. The molecule has 1 aliphatic rings. The summed E-state index contributed by atoms with van der Waals surface area (Å²) in [6, 6.07) is 12.8. The summed E-state index contributed by atoms with van der Waals surface area (Å²) < 4.78 is 11.4. The second-order valence-electron chi connectivity index (χ2n) is 6.15. The molecule has 0 saturated carbocycles. The molecule has 1 amide bonds. The molecule has 138 valence electrons. The summed E-state index contributed by atoms with van der Waals surface area (Å²) in [5, 5.41) is 5.24. The van der Waals surface area contributed by atoms with Gasteiger partial charge in [0.2, 0.25) is 0 Å². The second kappa shape index (κ2) is 8.28. The Morgan fingerprint density at radius 3 is 2.93 bits per heavy atom. The first-order chi connectivity index (χ1) is 13.3. The van der Waals surface area contributed by atoms with Gasteiger partial charge < -0.3 is 9.47 Å². The Bertz CT molecular complexity index is 908. The number of rotatable bonds is 6. The summed E-state index contributed by atoms with van der Waals surface area (Å²) in [5.41, 5.74) is 1.98. The van der Waals surface area contributed by atoms with E-state index in [0.29, 0.717) is 23.1 Å². The van der Waals surface area contributed by atoms with Gasteiger partial charge in [0, 0.05) is 18.2 Å². The van der Waals surface area contributed by atoms with E-state index in [0.717, 1.165) is 30.8 Å². The number of nitrogens with one attached hydrogen (secondary N) is 1. The van der Waals surface area contributed by atoms with Crippen LogP contribution >= 0.6 is 11.3 Å². The molecule has 4 rings (SSSR count). The highest BCUT2D eigenvalue weighted by atomic mass is 32.1. The number of hydrogen-bond acceptors (Lipinski definition) is 6. The van der Waals surface area contributed by atoms with E-state index in [1.807, 2.05) is 35.7 Å². The molecule has 27 heavy (non-hydrogen) atoms. The number of ether oxygens (including phenoxy) is 2. The minimum absolute atomic E-state index is 0.0982. The number of benzene rings is 1. The van der Waals surface area contributed by atoms with Gasteiger partial charge in [-0.05, 0) is 37.1 Å². The fourth-order valence-corrected chi connectivity index (χ4v) is 3.57. The number of hydrogen-bond donors (Lipinski definition) is 1. The average Bonchev–Trinajstić information content (AvgIpc) is 3.39. The van der Waals surface area contributed by atoms with E-state index < -0.39 is 0 Å². The third-order valence-electron chi connectivity index (χ3n) is 4.23. The number of thiazole rings is 1. The maximum atomic E-state index is 12.7. The van der Waals surface area contributed by atoms with Crippen LogP contribution in [0.2, 0.25) is 0 Å². The van der Waals surface area contributed by atoms with Crippen molar-refractivity contribution >= 4 is 22.4 Å². The van der Waals surface area contributed by atoms with Gasteiger partial charge in [0.15, 0.2) is 5.13 Å². The summed E-state index contributed by atoms with van der Waals surface area (Å²) >= 11 is 1.36. The molecule has 1 atom stereocenters. The number of para-hydroxylation sites is 1. The normalized spacial score (nSPS) is 16.2. The molecule has 2 aromatic heterocycles. The van der Waals surface area contributed by atoms with Crippen molar-refractivity contribution in [2.75, 3.05) is 18.5 Å². The zero-order valence-electron chi connectivity index (χ0n) is 14.6. The highest BCUT2D eigenvalue weighted by molar-refractivity contribution is 7.14. The Morgan fingerprint density at radius 2 is 2.11 bits per heavy atom. The maximum Gasteiger partial charge on any atom is 0.261 e. The molecule has 1 fully saturated rings. The SMILES string of the molecule is O=C(Nc1nc(-c2ccccn2)cs1)c1ccccc1OCC1CCCO1. The zero-order chi connectivity index (χ0) is 18.5. The highest BCUT2D eigenvalue weighted by Gasteiger charge is 2.19. The molecule has 0 radical (unpaired) electrons. The van der Waals surface area contributed by atoms with Gasteiger partial charge in [0.1, 0.15) is 18.1 Å². The van der Waals surface area contributed by atoms with Gasteiger partial charge in [-0.2, -0.15) is 0 Å². The van der Waals surface area contributed by atoms with E-state index in [1.165, 1.54) is 11.3 Å². The predicted octanol–water partition coefficient (Wildman–Crippen LogP) is 4.02. The lowest BCUT2D eigenvalue weighted by atomic mass is 10.2. The number of amides is 1. The average molecular weight is 381 g/mol. The molecule has 1 saturated heterocycles. The quantitative estimate of drug-likeness (QED) is 0.698. The number of pyridine rings is 1. The monoisotopic (exact) mass is 381 g/mol. The molecule has 0 bridgehead atoms. The lowest BCUT2D eigenvalue weighted by Gasteiger charge is -2.14. The van der Waals surface area contributed by atoms with Crippen molar-refractivity contribution in [1.82, 2.24) is 9.97 Å². The lowest BCUT2D eigenvalue weighted by molar-refractivity contribution is 0.0673. The molecule has 7 heteroatoms. The fourth-order valence-electron chi connectivity index (χ4n) is 2.87. The standard InChI is InChI=1S/C20H19N3O3S/c24-19(23-20-22-17(13-27-20)16-8-3-4-10-21-16)15-7-1-2-9-18(15)26-12-14-6-5-11-25-14/h1-4,7-10,13-14H,5-6,11-12H2,(H,22,23,24). The van der Waals surface area contributed by atoms with Crippen LogP contribution in [0.25, 0.3) is 11.4 Å². The van der Waals surface area contributed by atoms with Gasteiger partial charge in [-0.15, -0.1) is 11.3 Å². The smallest absolute Gasteiger partial charge is 0.261 e. The number of nitrogens with zero attached hydrogens (tertiary/aromatic N) is 2. The predicted molar refractivity (Wildman–Crippen MR) is 104 cm³/mol. The van der Waals surface area contributed by atoms with Gasteiger partial charge in [0.05, 0.1) is 17.4 Å². The molecular formula is C20H19N3O3S. The van der Waals surface area contributed by atoms with E-state index in [1.54, 1.807) is 18.3 Å². The summed E-state index contributed by atoms with van der Waals surface area (Å²) in [4.78, 5) is 21.4. The highest BCUT2D eigenvalue weighted by Crippen LogP contribution is 2.25. The Kier molecular flexibility index (Phi) is 5.41. The fraction of sp³-hybridized carbons (Fsp3) is 0.250. The Labute approximate surface area is 161 Å². The zero-order valence-corrected chi connectivity index (χ0v) is 15.4. The first-order valence-corrected chi connectivity index (χ1v) is 9.69. The third kappa shape index (κ3) is 4.32. The molecule has 3 heterocycles. The van der Waals surface area contributed by atoms with Crippen molar-refractivity contribution in [3.05, 3.63) is 59.6 Å². The van der Waals surface area contributed by atoms with E-state index >= 15 is 0 Å². The van der Waals surface area contributed by atoms with E-state index in [2.05, 4.69) is 15.3 Å². The minimum atomic E-state index is -0.250. The molecule has 0 aliphatic carbocycles. The number of aromatic nitrogens is 2. The Balaban J connectivity index is 1.44. The van der Waals surface area contributed by atoms with Crippen molar-refractivity contribution in [1.29, 1.82) is 0 Å².